The zero-order chi connectivity index (χ0) is 16.1. The van der Waals surface area contributed by atoms with Crippen molar-refractivity contribution in [2.75, 3.05) is 13.2 Å². The summed E-state index contributed by atoms with van der Waals surface area (Å²) in [4.78, 5) is 11.8. The molecule has 2 N–H and O–H groups in total. The van der Waals surface area contributed by atoms with Crippen molar-refractivity contribution in [2.24, 2.45) is 5.92 Å². The fraction of sp³-hybridized carbons (Fsp3) is 0.278. The van der Waals surface area contributed by atoms with Crippen LogP contribution in [0.1, 0.15) is 11.1 Å². The van der Waals surface area contributed by atoms with E-state index in [9.17, 15) is 9.18 Å². The molecule has 23 heavy (non-hydrogen) atoms. The van der Waals surface area contributed by atoms with E-state index in [4.69, 9.17) is 4.74 Å². The van der Waals surface area contributed by atoms with Crippen LogP contribution < -0.4 is 15.4 Å². The lowest BCUT2D eigenvalue weighted by molar-refractivity contribution is 0.211. The largest absolute Gasteiger partial charge is 0.493 e. The third-order valence-electron chi connectivity index (χ3n) is 3.90. The van der Waals surface area contributed by atoms with Crippen molar-refractivity contribution >= 4 is 6.03 Å². The van der Waals surface area contributed by atoms with Gasteiger partial charge in [0.2, 0.25) is 0 Å². The molecule has 2 amide bonds. The summed E-state index contributed by atoms with van der Waals surface area (Å²) in [6, 6.07) is 14.0. The van der Waals surface area contributed by atoms with Gasteiger partial charge in [-0.3, -0.25) is 0 Å². The summed E-state index contributed by atoms with van der Waals surface area (Å²) in [6.07, 6.45) is 0.879. The second kappa shape index (κ2) is 7.13. The summed E-state index contributed by atoms with van der Waals surface area (Å²) in [5.41, 5.74) is 1.63. The number of ether oxygens (including phenoxy) is 1. The van der Waals surface area contributed by atoms with Crippen LogP contribution in [-0.2, 0) is 13.0 Å². The van der Waals surface area contributed by atoms with Gasteiger partial charge in [-0.15, -0.1) is 0 Å². The zero-order valence-corrected chi connectivity index (χ0v) is 12.7. The number of rotatable bonds is 4. The maximum Gasteiger partial charge on any atom is 0.315 e. The minimum Gasteiger partial charge on any atom is -0.493 e. The average Bonchev–Trinajstić information content (AvgIpc) is 2.59. The van der Waals surface area contributed by atoms with Gasteiger partial charge in [0.05, 0.1) is 6.61 Å². The van der Waals surface area contributed by atoms with E-state index in [0.717, 1.165) is 17.7 Å². The predicted molar refractivity (Wildman–Crippen MR) is 85.8 cm³/mol. The Bertz CT molecular complexity index is 690. The highest BCUT2D eigenvalue weighted by Gasteiger charge is 2.19. The molecular formula is C18H19FN2O2. The van der Waals surface area contributed by atoms with Gasteiger partial charge in [0, 0.05) is 24.6 Å². The lowest BCUT2D eigenvalue weighted by Gasteiger charge is -2.25. The van der Waals surface area contributed by atoms with E-state index in [1.54, 1.807) is 18.2 Å². The number of benzene rings is 2. The lowest BCUT2D eigenvalue weighted by Crippen LogP contribution is -2.40. The molecule has 1 aliphatic heterocycles. The maximum absolute atomic E-state index is 13.5. The van der Waals surface area contributed by atoms with Crippen LogP contribution in [0.3, 0.4) is 0 Å². The molecule has 5 heteroatoms. The molecule has 4 nitrogen and oxygen atoms in total. The van der Waals surface area contributed by atoms with Crippen LogP contribution >= 0.6 is 0 Å². The van der Waals surface area contributed by atoms with Crippen molar-refractivity contribution in [1.82, 2.24) is 10.6 Å². The number of para-hydroxylation sites is 1. The monoisotopic (exact) mass is 314 g/mol. The standard InChI is InChI=1S/C18H19FN2O2/c19-16-7-3-1-6-15(16)11-21-18(22)20-10-13-9-14-5-2-4-8-17(14)23-12-13/h1-8,13H,9-12H2,(H2,20,21,22). The number of nitrogens with one attached hydrogen (secondary N) is 2. The fourth-order valence-electron chi connectivity index (χ4n) is 2.64. The van der Waals surface area contributed by atoms with Crippen LogP contribution in [0.25, 0.3) is 0 Å². The molecule has 0 aliphatic carbocycles. The van der Waals surface area contributed by atoms with Gasteiger partial charge < -0.3 is 15.4 Å². The number of carbonyl (C=O) groups excluding carboxylic acids is 1. The molecule has 0 fully saturated rings. The first-order chi connectivity index (χ1) is 11.2. The van der Waals surface area contributed by atoms with Crippen LogP contribution in [0, 0.1) is 11.7 Å². The first kappa shape index (κ1) is 15.3. The Morgan fingerprint density at radius 1 is 1.13 bits per heavy atom. The molecule has 120 valence electrons. The molecule has 0 saturated heterocycles. The highest BCUT2D eigenvalue weighted by atomic mass is 19.1. The van der Waals surface area contributed by atoms with Gasteiger partial charge in [0.15, 0.2) is 0 Å². The summed E-state index contributed by atoms with van der Waals surface area (Å²) in [5.74, 6) is 0.849. The van der Waals surface area contributed by atoms with Crippen molar-refractivity contribution in [3.8, 4) is 5.75 Å². The van der Waals surface area contributed by atoms with Crippen LogP contribution in [-0.4, -0.2) is 19.2 Å². The van der Waals surface area contributed by atoms with Crippen molar-refractivity contribution in [3.05, 3.63) is 65.5 Å². The lowest BCUT2D eigenvalue weighted by atomic mass is 9.97. The number of halogens is 1. The first-order valence-electron chi connectivity index (χ1n) is 7.68. The quantitative estimate of drug-likeness (QED) is 0.912. The van der Waals surface area contributed by atoms with E-state index in [1.165, 1.54) is 6.07 Å². The number of carbonyl (C=O) groups is 1. The van der Waals surface area contributed by atoms with Gasteiger partial charge in [-0.2, -0.15) is 0 Å². The summed E-state index contributed by atoms with van der Waals surface area (Å²) in [6.45, 7) is 1.28. The third kappa shape index (κ3) is 4.00. The molecule has 0 radical (unpaired) electrons. The number of fused-ring (bicyclic) bond motifs is 1. The highest BCUT2D eigenvalue weighted by Crippen LogP contribution is 2.26. The molecule has 3 rings (SSSR count). The Balaban J connectivity index is 1.44. The van der Waals surface area contributed by atoms with Crippen LogP contribution in [0.2, 0.25) is 0 Å². The van der Waals surface area contributed by atoms with E-state index in [1.807, 2.05) is 24.3 Å². The SMILES string of the molecule is O=C(NCc1ccccc1F)NCC1COc2ccccc2C1. The number of hydrogen-bond donors (Lipinski definition) is 2. The highest BCUT2D eigenvalue weighted by molar-refractivity contribution is 5.73. The molecule has 1 unspecified atom stereocenters. The normalized spacial score (nSPS) is 16.1. The average molecular weight is 314 g/mol. The van der Waals surface area contributed by atoms with E-state index in [2.05, 4.69) is 10.6 Å². The Morgan fingerprint density at radius 2 is 1.91 bits per heavy atom. The molecule has 2 aromatic carbocycles. The number of urea groups is 1. The molecule has 2 aromatic rings. The summed E-state index contributed by atoms with van der Waals surface area (Å²) in [5, 5.41) is 5.49. The molecule has 1 atom stereocenters. The zero-order valence-electron chi connectivity index (χ0n) is 12.7. The molecule has 0 bridgehead atoms. The van der Waals surface area contributed by atoms with Crippen molar-refractivity contribution in [2.45, 2.75) is 13.0 Å². The Morgan fingerprint density at radius 3 is 2.78 bits per heavy atom. The fourth-order valence-corrected chi connectivity index (χ4v) is 2.64. The maximum atomic E-state index is 13.5. The number of hydrogen-bond acceptors (Lipinski definition) is 2. The van der Waals surface area contributed by atoms with Crippen LogP contribution in [0.15, 0.2) is 48.5 Å². The van der Waals surface area contributed by atoms with Gasteiger partial charge in [0.25, 0.3) is 0 Å². The third-order valence-corrected chi connectivity index (χ3v) is 3.90. The molecule has 1 heterocycles. The van der Waals surface area contributed by atoms with E-state index in [-0.39, 0.29) is 24.3 Å². The van der Waals surface area contributed by atoms with Gasteiger partial charge in [-0.05, 0) is 24.1 Å². The number of amides is 2. The van der Waals surface area contributed by atoms with Crippen LogP contribution in [0.5, 0.6) is 5.75 Å². The topological polar surface area (TPSA) is 50.4 Å². The van der Waals surface area contributed by atoms with Gasteiger partial charge in [-0.1, -0.05) is 36.4 Å². The molecule has 1 aliphatic rings. The summed E-state index contributed by atoms with van der Waals surface area (Å²) in [7, 11) is 0. The predicted octanol–water partition coefficient (Wildman–Crippen LogP) is 2.88. The van der Waals surface area contributed by atoms with Crippen molar-refractivity contribution in [3.63, 3.8) is 0 Å². The van der Waals surface area contributed by atoms with Gasteiger partial charge in [0.1, 0.15) is 11.6 Å². The Hall–Kier alpha value is -2.56. The smallest absolute Gasteiger partial charge is 0.315 e. The first-order valence-corrected chi connectivity index (χ1v) is 7.68. The van der Waals surface area contributed by atoms with Crippen molar-refractivity contribution < 1.29 is 13.9 Å². The Kier molecular flexibility index (Phi) is 4.76. The van der Waals surface area contributed by atoms with Gasteiger partial charge in [-0.25, -0.2) is 9.18 Å². The van der Waals surface area contributed by atoms with Crippen molar-refractivity contribution in [1.29, 1.82) is 0 Å². The molecule has 0 aromatic heterocycles. The second-order valence-electron chi connectivity index (χ2n) is 5.64. The summed E-state index contributed by atoms with van der Waals surface area (Å²) < 4.78 is 19.2. The van der Waals surface area contributed by atoms with Gasteiger partial charge >= 0.3 is 6.03 Å². The van der Waals surface area contributed by atoms with Crippen LogP contribution in [0.4, 0.5) is 9.18 Å². The summed E-state index contributed by atoms with van der Waals surface area (Å²) >= 11 is 0. The Labute approximate surface area is 134 Å². The minimum atomic E-state index is -0.315. The molecule has 0 saturated carbocycles. The molecule has 0 spiro atoms. The minimum absolute atomic E-state index is 0.169. The second-order valence-corrected chi connectivity index (χ2v) is 5.64. The van der Waals surface area contributed by atoms with E-state index < -0.39 is 0 Å². The van der Waals surface area contributed by atoms with E-state index >= 15 is 0 Å². The molecular weight excluding hydrogens is 295 g/mol. The van der Waals surface area contributed by atoms with E-state index in [0.29, 0.717) is 18.7 Å².